The van der Waals surface area contributed by atoms with Crippen molar-refractivity contribution in [1.82, 2.24) is 24.9 Å². The minimum absolute atomic E-state index is 0.249. The monoisotopic (exact) mass is 377 g/mol. The minimum atomic E-state index is -0.362. The number of pyridine rings is 1. The van der Waals surface area contributed by atoms with Crippen LogP contribution in [0.4, 0.5) is 4.39 Å². The molecule has 0 spiro atoms. The van der Waals surface area contributed by atoms with E-state index in [-0.39, 0.29) is 11.5 Å². The zero-order valence-electron chi connectivity index (χ0n) is 16.2. The Morgan fingerprint density at radius 1 is 1.18 bits per heavy atom. The van der Waals surface area contributed by atoms with Gasteiger partial charge >= 0.3 is 0 Å². The van der Waals surface area contributed by atoms with Crippen molar-refractivity contribution < 1.29 is 4.39 Å². The first-order valence-electron chi connectivity index (χ1n) is 9.97. The summed E-state index contributed by atoms with van der Waals surface area (Å²) in [6.45, 7) is 6.53. The Kier molecular flexibility index (Phi) is 4.16. The summed E-state index contributed by atoms with van der Waals surface area (Å²) in [5.41, 5.74) is 5.72. The van der Waals surface area contributed by atoms with Crippen molar-refractivity contribution in [2.75, 3.05) is 13.1 Å². The molecule has 0 amide bonds. The predicted octanol–water partition coefficient (Wildman–Crippen LogP) is 4.61. The SMILES string of the molecule is CC(C)c1c(-c2cc(F)c3ncnn3c2)[nH]c2ccc(C3CCNCC3)cc12. The number of benzene rings is 1. The Morgan fingerprint density at radius 2 is 2.00 bits per heavy atom. The van der Waals surface area contributed by atoms with Crippen molar-refractivity contribution in [3.8, 4) is 11.3 Å². The van der Waals surface area contributed by atoms with E-state index in [1.54, 1.807) is 6.07 Å². The van der Waals surface area contributed by atoms with Gasteiger partial charge in [-0.3, -0.25) is 0 Å². The van der Waals surface area contributed by atoms with E-state index in [0.29, 0.717) is 11.8 Å². The summed E-state index contributed by atoms with van der Waals surface area (Å²) in [5.74, 6) is 0.549. The first kappa shape index (κ1) is 17.4. The molecule has 5 nitrogen and oxygen atoms in total. The first-order chi connectivity index (χ1) is 13.6. The molecule has 0 unspecified atom stereocenters. The number of nitrogens with one attached hydrogen (secondary N) is 2. The fraction of sp³-hybridized carbons (Fsp3) is 0.364. The molecule has 1 saturated heterocycles. The van der Waals surface area contributed by atoms with Crippen molar-refractivity contribution in [2.24, 2.45) is 0 Å². The van der Waals surface area contributed by atoms with Gasteiger partial charge in [-0.15, -0.1) is 0 Å². The maximum absolute atomic E-state index is 14.5. The van der Waals surface area contributed by atoms with Crippen molar-refractivity contribution in [3.05, 3.63) is 53.7 Å². The number of aromatic nitrogens is 4. The van der Waals surface area contributed by atoms with Crippen LogP contribution in [0.15, 0.2) is 36.8 Å². The van der Waals surface area contributed by atoms with Gasteiger partial charge in [0, 0.05) is 22.7 Å². The Balaban J connectivity index is 1.68. The highest BCUT2D eigenvalue weighted by Crippen LogP contribution is 2.38. The molecule has 4 aromatic rings. The summed E-state index contributed by atoms with van der Waals surface area (Å²) in [4.78, 5) is 7.51. The molecule has 3 aromatic heterocycles. The molecule has 0 atom stereocenters. The van der Waals surface area contributed by atoms with Gasteiger partial charge in [-0.25, -0.2) is 13.9 Å². The topological polar surface area (TPSA) is 58.0 Å². The fourth-order valence-electron chi connectivity index (χ4n) is 4.49. The summed E-state index contributed by atoms with van der Waals surface area (Å²) >= 11 is 0. The number of hydrogen-bond acceptors (Lipinski definition) is 3. The lowest BCUT2D eigenvalue weighted by atomic mass is 9.88. The molecule has 6 heteroatoms. The molecule has 1 aliphatic heterocycles. The summed E-state index contributed by atoms with van der Waals surface area (Å²) in [6, 6.07) is 8.30. The lowest BCUT2D eigenvalue weighted by Gasteiger charge is -2.23. The van der Waals surface area contributed by atoms with Crippen molar-refractivity contribution in [1.29, 1.82) is 0 Å². The van der Waals surface area contributed by atoms with Crippen LogP contribution in [-0.2, 0) is 0 Å². The fourth-order valence-corrected chi connectivity index (χ4v) is 4.49. The number of aromatic amines is 1. The largest absolute Gasteiger partial charge is 0.354 e. The van der Waals surface area contributed by atoms with Crippen molar-refractivity contribution >= 4 is 16.6 Å². The Bertz CT molecular complexity index is 1150. The third kappa shape index (κ3) is 2.79. The molecule has 0 saturated carbocycles. The minimum Gasteiger partial charge on any atom is -0.354 e. The lowest BCUT2D eigenvalue weighted by molar-refractivity contribution is 0.460. The average molecular weight is 377 g/mol. The quantitative estimate of drug-likeness (QED) is 0.548. The van der Waals surface area contributed by atoms with Crippen LogP contribution < -0.4 is 5.32 Å². The van der Waals surface area contributed by atoms with Crippen LogP contribution in [0.1, 0.15) is 49.7 Å². The highest BCUT2D eigenvalue weighted by Gasteiger charge is 2.21. The number of hydrogen-bond donors (Lipinski definition) is 2. The van der Waals surface area contributed by atoms with Gasteiger partial charge in [-0.1, -0.05) is 19.9 Å². The molecular formula is C22H24FN5. The van der Waals surface area contributed by atoms with Gasteiger partial charge in [0.1, 0.15) is 6.33 Å². The molecule has 28 heavy (non-hydrogen) atoms. The molecular weight excluding hydrogens is 353 g/mol. The third-order valence-electron chi connectivity index (χ3n) is 5.87. The van der Waals surface area contributed by atoms with Crippen molar-refractivity contribution in [2.45, 2.75) is 38.5 Å². The molecule has 2 N–H and O–H groups in total. The van der Waals surface area contributed by atoms with Crippen LogP contribution in [0.5, 0.6) is 0 Å². The normalized spacial score (nSPS) is 15.9. The number of rotatable bonds is 3. The zero-order valence-corrected chi connectivity index (χ0v) is 16.2. The van der Waals surface area contributed by atoms with E-state index in [1.165, 1.54) is 40.2 Å². The molecule has 0 radical (unpaired) electrons. The molecule has 144 valence electrons. The van der Waals surface area contributed by atoms with E-state index in [1.807, 2.05) is 6.20 Å². The van der Waals surface area contributed by atoms with Gasteiger partial charge in [0.05, 0.1) is 5.69 Å². The number of halogens is 1. The second-order valence-corrected chi connectivity index (χ2v) is 8.00. The zero-order chi connectivity index (χ0) is 19.3. The van der Waals surface area contributed by atoms with E-state index in [2.05, 4.69) is 52.4 Å². The van der Waals surface area contributed by atoms with Crippen molar-refractivity contribution in [3.63, 3.8) is 0 Å². The van der Waals surface area contributed by atoms with Gasteiger partial charge in [0.2, 0.25) is 0 Å². The number of piperidine rings is 1. The summed E-state index contributed by atoms with van der Waals surface area (Å²) < 4.78 is 16.0. The van der Waals surface area contributed by atoms with Crippen LogP contribution in [0.3, 0.4) is 0 Å². The number of nitrogens with zero attached hydrogens (tertiary/aromatic N) is 3. The molecule has 1 fully saturated rings. The van der Waals surface area contributed by atoms with Gasteiger partial charge in [-0.2, -0.15) is 5.10 Å². The summed E-state index contributed by atoms with van der Waals surface area (Å²) in [7, 11) is 0. The van der Waals surface area contributed by atoms with Crippen LogP contribution in [-0.4, -0.2) is 32.7 Å². The smallest absolute Gasteiger partial charge is 0.191 e. The van der Waals surface area contributed by atoms with E-state index in [9.17, 15) is 4.39 Å². The molecule has 4 heterocycles. The van der Waals surface area contributed by atoms with Crippen LogP contribution in [0.25, 0.3) is 27.8 Å². The van der Waals surface area contributed by atoms with E-state index in [4.69, 9.17) is 0 Å². The highest BCUT2D eigenvalue weighted by atomic mass is 19.1. The van der Waals surface area contributed by atoms with E-state index in [0.717, 1.165) is 29.9 Å². The lowest BCUT2D eigenvalue weighted by Crippen LogP contribution is -2.26. The third-order valence-corrected chi connectivity index (χ3v) is 5.87. The number of fused-ring (bicyclic) bond motifs is 2. The van der Waals surface area contributed by atoms with Gasteiger partial charge < -0.3 is 10.3 Å². The van der Waals surface area contributed by atoms with E-state index >= 15 is 0 Å². The molecule has 0 bridgehead atoms. The second kappa shape index (κ2) is 6.71. The standard InChI is InChI=1S/C22H24FN5/c1-13(2)20-17-9-15(14-5-7-24-8-6-14)3-4-19(17)27-21(20)16-10-18(23)22-25-12-26-28(22)11-16/h3-4,9-14,24,27H,5-8H2,1-2H3. The molecule has 1 aromatic carbocycles. The van der Waals surface area contributed by atoms with Gasteiger partial charge in [0.25, 0.3) is 0 Å². The molecule has 1 aliphatic rings. The van der Waals surface area contributed by atoms with Crippen LogP contribution in [0.2, 0.25) is 0 Å². The molecule has 5 rings (SSSR count). The van der Waals surface area contributed by atoms with Gasteiger partial charge in [-0.05, 0) is 67.1 Å². The second-order valence-electron chi connectivity index (χ2n) is 8.00. The average Bonchev–Trinajstić information content (AvgIpc) is 3.32. The molecule has 0 aliphatic carbocycles. The van der Waals surface area contributed by atoms with Crippen LogP contribution in [0, 0.1) is 5.82 Å². The highest BCUT2D eigenvalue weighted by molar-refractivity contribution is 5.92. The number of H-pyrrole nitrogens is 1. The summed E-state index contributed by atoms with van der Waals surface area (Å²) in [5, 5.41) is 8.79. The Morgan fingerprint density at radius 3 is 2.79 bits per heavy atom. The maximum atomic E-state index is 14.5. The van der Waals surface area contributed by atoms with Crippen LogP contribution >= 0.6 is 0 Å². The first-order valence-corrected chi connectivity index (χ1v) is 9.97. The Labute approximate surface area is 163 Å². The maximum Gasteiger partial charge on any atom is 0.191 e. The summed E-state index contributed by atoms with van der Waals surface area (Å²) in [6.07, 6.45) is 5.57. The Hall–Kier alpha value is -2.73. The van der Waals surface area contributed by atoms with Gasteiger partial charge in [0.15, 0.2) is 11.5 Å². The van der Waals surface area contributed by atoms with E-state index < -0.39 is 0 Å². The predicted molar refractivity (Wildman–Crippen MR) is 109 cm³/mol.